The fraction of sp³-hybridized carbons (Fsp3) is 0.286. The van der Waals surface area contributed by atoms with Crippen LogP contribution in [0.4, 0.5) is 5.69 Å². The average molecular weight is 340 g/mol. The van der Waals surface area contributed by atoms with Gasteiger partial charge in [0.1, 0.15) is 4.90 Å². The van der Waals surface area contributed by atoms with E-state index in [9.17, 15) is 13.2 Å². The second kappa shape index (κ2) is 6.89. The molecule has 0 aliphatic rings. The van der Waals surface area contributed by atoms with E-state index in [1.165, 1.54) is 11.6 Å². The summed E-state index contributed by atoms with van der Waals surface area (Å²) in [4.78, 5) is 11.1. The molecule has 2 aromatic rings. The third kappa shape index (κ3) is 4.05. The first-order chi connectivity index (χ1) is 10.4. The molecule has 2 rings (SSSR count). The van der Waals surface area contributed by atoms with Gasteiger partial charge in [-0.2, -0.15) is 4.37 Å². The molecular weight excluding hydrogens is 324 g/mol. The Morgan fingerprint density at radius 1 is 1.36 bits per heavy atom. The molecule has 22 heavy (non-hydrogen) atoms. The van der Waals surface area contributed by atoms with Gasteiger partial charge in [-0.05, 0) is 42.1 Å². The van der Waals surface area contributed by atoms with E-state index in [1.807, 2.05) is 6.92 Å². The number of carboxylic acids is 1. The fourth-order valence-electron chi connectivity index (χ4n) is 1.94. The van der Waals surface area contributed by atoms with Crippen molar-refractivity contribution in [3.63, 3.8) is 0 Å². The molecule has 0 radical (unpaired) electrons. The number of benzene rings is 1. The highest BCUT2D eigenvalue weighted by Crippen LogP contribution is 2.19. The van der Waals surface area contributed by atoms with Crippen molar-refractivity contribution in [3.8, 4) is 0 Å². The molecule has 0 amide bonds. The van der Waals surface area contributed by atoms with E-state index >= 15 is 0 Å². The van der Waals surface area contributed by atoms with E-state index in [4.69, 9.17) is 5.11 Å². The summed E-state index contributed by atoms with van der Waals surface area (Å²) in [5.41, 5.74) is 1.28. The Balaban J connectivity index is 2.08. The first-order valence-corrected chi connectivity index (χ1v) is 8.98. The van der Waals surface area contributed by atoms with E-state index in [-0.39, 0.29) is 4.90 Å². The smallest absolute Gasteiger partial charge is 0.306 e. The molecule has 0 spiro atoms. The summed E-state index contributed by atoms with van der Waals surface area (Å²) in [6, 6.07) is 6.72. The number of hydrogen-bond acceptors (Lipinski definition) is 5. The van der Waals surface area contributed by atoms with E-state index in [1.54, 1.807) is 24.3 Å². The van der Waals surface area contributed by atoms with Crippen LogP contribution in [-0.2, 0) is 21.2 Å². The van der Waals surface area contributed by atoms with Crippen molar-refractivity contribution < 1.29 is 18.3 Å². The second-order valence-electron chi connectivity index (χ2n) is 4.81. The van der Waals surface area contributed by atoms with Gasteiger partial charge in [0.2, 0.25) is 0 Å². The summed E-state index contributed by atoms with van der Waals surface area (Å²) in [5, 5.41) is 10.5. The van der Waals surface area contributed by atoms with Crippen LogP contribution >= 0.6 is 11.5 Å². The zero-order valence-corrected chi connectivity index (χ0v) is 13.5. The Labute approximate surface area is 133 Å². The SMILES string of the molecule is CCC(Cc1ccc(NS(=O)(=O)c2cnsc2)cc1)C(=O)O. The zero-order chi connectivity index (χ0) is 16.2. The van der Waals surface area contributed by atoms with Crippen molar-refractivity contribution in [1.82, 2.24) is 4.37 Å². The quantitative estimate of drug-likeness (QED) is 0.807. The number of hydrogen-bond donors (Lipinski definition) is 2. The van der Waals surface area contributed by atoms with Crippen LogP contribution in [0.3, 0.4) is 0 Å². The number of nitrogens with one attached hydrogen (secondary N) is 1. The van der Waals surface area contributed by atoms with Crippen LogP contribution in [-0.4, -0.2) is 23.9 Å². The van der Waals surface area contributed by atoms with Crippen LogP contribution in [0.15, 0.2) is 40.7 Å². The predicted octanol–water partition coefficient (Wildman–Crippen LogP) is 2.60. The molecule has 1 heterocycles. The van der Waals surface area contributed by atoms with E-state index < -0.39 is 21.9 Å². The third-order valence-electron chi connectivity index (χ3n) is 3.25. The molecule has 1 unspecified atom stereocenters. The molecular formula is C14H16N2O4S2. The van der Waals surface area contributed by atoms with Crippen LogP contribution in [0.2, 0.25) is 0 Å². The number of rotatable bonds is 7. The first-order valence-electron chi connectivity index (χ1n) is 6.66. The Morgan fingerprint density at radius 2 is 2.05 bits per heavy atom. The lowest BCUT2D eigenvalue weighted by Crippen LogP contribution is -2.15. The van der Waals surface area contributed by atoms with Gasteiger partial charge in [-0.15, -0.1) is 0 Å². The number of aliphatic carboxylic acids is 1. The van der Waals surface area contributed by atoms with Gasteiger partial charge in [0.15, 0.2) is 0 Å². The molecule has 1 aromatic carbocycles. The molecule has 6 nitrogen and oxygen atoms in total. The number of aromatic nitrogens is 1. The minimum Gasteiger partial charge on any atom is -0.481 e. The fourth-order valence-corrected chi connectivity index (χ4v) is 3.80. The maximum Gasteiger partial charge on any atom is 0.306 e. The van der Waals surface area contributed by atoms with E-state index in [0.29, 0.717) is 18.5 Å². The van der Waals surface area contributed by atoms with Gasteiger partial charge in [0.05, 0.1) is 12.1 Å². The Kier molecular flexibility index (Phi) is 5.15. The minimum absolute atomic E-state index is 0.124. The highest BCUT2D eigenvalue weighted by Gasteiger charge is 2.17. The molecule has 0 fully saturated rings. The van der Waals surface area contributed by atoms with E-state index in [0.717, 1.165) is 17.1 Å². The molecule has 118 valence electrons. The standard InChI is InChI=1S/C14H16N2O4S2/c1-2-11(14(17)18)7-10-3-5-12(6-4-10)16-22(19,20)13-8-15-21-9-13/h3-6,8-9,11,16H,2,7H2,1H3,(H,17,18). The molecule has 8 heteroatoms. The molecule has 0 saturated carbocycles. The van der Waals surface area contributed by atoms with Crippen molar-refractivity contribution >= 4 is 33.2 Å². The average Bonchev–Trinajstić information content (AvgIpc) is 3.01. The van der Waals surface area contributed by atoms with Crippen molar-refractivity contribution in [2.75, 3.05) is 4.72 Å². The van der Waals surface area contributed by atoms with Crippen molar-refractivity contribution in [2.45, 2.75) is 24.7 Å². The monoisotopic (exact) mass is 340 g/mol. The van der Waals surface area contributed by atoms with Gasteiger partial charge in [-0.3, -0.25) is 9.52 Å². The van der Waals surface area contributed by atoms with Crippen molar-refractivity contribution in [3.05, 3.63) is 41.4 Å². The van der Waals surface area contributed by atoms with Crippen LogP contribution in [0.1, 0.15) is 18.9 Å². The Bertz CT molecular complexity index is 725. The Hall–Kier alpha value is -1.93. The summed E-state index contributed by atoms with van der Waals surface area (Å²) in [7, 11) is -3.62. The van der Waals surface area contributed by atoms with Gasteiger partial charge in [0, 0.05) is 11.1 Å². The number of carbonyl (C=O) groups is 1. The highest BCUT2D eigenvalue weighted by molar-refractivity contribution is 7.92. The molecule has 0 saturated heterocycles. The van der Waals surface area contributed by atoms with Gasteiger partial charge < -0.3 is 5.11 Å². The van der Waals surface area contributed by atoms with Gasteiger partial charge in [-0.1, -0.05) is 19.1 Å². The first kappa shape index (κ1) is 16.4. The van der Waals surface area contributed by atoms with Crippen molar-refractivity contribution in [2.24, 2.45) is 5.92 Å². The molecule has 1 aromatic heterocycles. The lowest BCUT2D eigenvalue weighted by Gasteiger charge is -2.11. The number of anilines is 1. The zero-order valence-electron chi connectivity index (χ0n) is 11.9. The summed E-state index contributed by atoms with van der Waals surface area (Å²) in [6.45, 7) is 1.83. The van der Waals surface area contributed by atoms with E-state index in [2.05, 4.69) is 9.10 Å². The maximum absolute atomic E-state index is 12.0. The predicted molar refractivity (Wildman–Crippen MR) is 84.5 cm³/mol. The molecule has 0 aliphatic heterocycles. The third-order valence-corrected chi connectivity index (χ3v) is 5.33. The summed E-state index contributed by atoms with van der Waals surface area (Å²) >= 11 is 1.07. The molecule has 0 bridgehead atoms. The number of nitrogens with zero attached hydrogens (tertiary/aromatic N) is 1. The van der Waals surface area contributed by atoms with Crippen LogP contribution in [0.25, 0.3) is 0 Å². The molecule has 0 aliphatic carbocycles. The lowest BCUT2D eigenvalue weighted by molar-refractivity contribution is -0.141. The summed E-state index contributed by atoms with van der Waals surface area (Å²) in [5.74, 6) is -1.25. The van der Waals surface area contributed by atoms with Crippen LogP contribution in [0.5, 0.6) is 0 Å². The number of sulfonamides is 1. The van der Waals surface area contributed by atoms with Crippen molar-refractivity contribution in [1.29, 1.82) is 0 Å². The summed E-state index contributed by atoms with van der Waals surface area (Å²) < 4.78 is 30.3. The highest BCUT2D eigenvalue weighted by atomic mass is 32.2. The summed E-state index contributed by atoms with van der Waals surface area (Å²) in [6.07, 6.45) is 2.27. The Morgan fingerprint density at radius 3 is 2.55 bits per heavy atom. The topological polar surface area (TPSA) is 96.4 Å². The van der Waals surface area contributed by atoms with Gasteiger partial charge in [0.25, 0.3) is 10.0 Å². The molecule has 2 N–H and O–H groups in total. The van der Waals surface area contributed by atoms with Gasteiger partial charge in [-0.25, -0.2) is 8.42 Å². The minimum atomic E-state index is -3.62. The maximum atomic E-state index is 12.0. The molecule has 1 atom stereocenters. The normalized spacial score (nSPS) is 12.8. The largest absolute Gasteiger partial charge is 0.481 e. The lowest BCUT2D eigenvalue weighted by atomic mass is 9.97. The number of carboxylic acid groups (broad SMARTS) is 1. The van der Waals surface area contributed by atoms with Crippen LogP contribution < -0.4 is 4.72 Å². The van der Waals surface area contributed by atoms with Crippen LogP contribution in [0, 0.1) is 5.92 Å². The van der Waals surface area contributed by atoms with Gasteiger partial charge >= 0.3 is 5.97 Å². The second-order valence-corrected chi connectivity index (χ2v) is 7.15.